The minimum absolute atomic E-state index is 0.0308. The van der Waals surface area contributed by atoms with E-state index in [9.17, 15) is 28.1 Å². The first-order chi connectivity index (χ1) is 16.3. The van der Waals surface area contributed by atoms with E-state index in [-0.39, 0.29) is 21.8 Å². The summed E-state index contributed by atoms with van der Waals surface area (Å²) in [4.78, 5) is 34.7. The third-order valence-electron chi connectivity index (χ3n) is 5.18. The normalized spacial score (nSPS) is 12.6. The minimum atomic E-state index is -3.90. The molecule has 1 aliphatic rings. The van der Waals surface area contributed by atoms with Crippen molar-refractivity contribution in [3.05, 3.63) is 94.0 Å². The van der Waals surface area contributed by atoms with E-state index in [1.165, 1.54) is 52.8 Å². The van der Waals surface area contributed by atoms with E-state index < -0.39 is 33.4 Å². The quantitative estimate of drug-likeness (QED) is 0.311. The molecule has 0 saturated carbocycles. The van der Waals surface area contributed by atoms with Crippen LogP contribution in [0.5, 0.6) is 0 Å². The van der Waals surface area contributed by atoms with Crippen LogP contribution >= 0.6 is 0 Å². The number of fused-ring (bicyclic) bond motifs is 1. The number of anilines is 2. The van der Waals surface area contributed by atoms with Gasteiger partial charge in [-0.05, 0) is 42.3 Å². The lowest BCUT2D eigenvalue weighted by Crippen LogP contribution is -2.29. The van der Waals surface area contributed by atoms with E-state index in [1.807, 2.05) is 12.1 Å². The van der Waals surface area contributed by atoms with Gasteiger partial charge in [-0.2, -0.15) is 0 Å². The van der Waals surface area contributed by atoms with Crippen LogP contribution in [0.25, 0.3) is 0 Å². The van der Waals surface area contributed by atoms with E-state index in [0.717, 1.165) is 5.56 Å². The molecule has 0 aliphatic carbocycles. The van der Waals surface area contributed by atoms with Crippen molar-refractivity contribution in [3.63, 3.8) is 0 Å². The monoisotopic (exact) mass is 481 g/mol. The molecule has 1 N–H and O–H groups in total. The van der Waals surface area contributed by atoms with Gasteiger partial charge in [-0.3, -0.25) is 19.2 Å². The first-order valence-electron chi connectivity index (χ1n) is 10.2. The topological polar surface area (TPSA) is 136 Å². The molecule has 0 atom stereocenters. The first kappa shape index (κ1) is 22.9. The van der Waals surface area contributed by atoms with Gasteiger partial charge in [0.15, 0.2) is 6.61 Å². The van der Waals surface area contributed by atoms with E-state index in [0.29, 0.717) is 18.7 Å². The second-order valence-electron chi connectivity index (χ2n) is 7.42. The number of non-ortho nitro benzene ring substituents is 1. The highest BCUT2D eigenvalue weighted by Gasteiger charge is 2.31. The molecule has 0 saturated heterocycles. The third-order valence-corrected chi connectivity index (χ3v) is 6.99. The number of nitrogens with one attached hydrogen (secondary N) is 1. The Balaban J connectivity index is 1.43. The standard InChI is InChI=1S/C23H19N3O7S/c27-22(24-18-7-4-8-19(14-18)26(29)30)15-33-23(28)17-6-3-9-20(13-17)34(31,32)25-12-11-16-5-1-2-10-21(16)25/h1-10,13-14H,11-12,15H2,(H,24,27). The molecule has 0 unspecified atom stereocenters. The molecule has 1 amide bonds. The van der Waals surface area contributed by atoms with Crippen LogP contribution in [0.3, 0.4) is 0 Å². The van der Waals surface area contributed by atoms with Crippen molar-refractivity contribution < 1.29 is 27.7 Å². The van der Waals surface area contributed by atoms with Crippen LogP contribution < -0.4 is 9.62 Å². The van der Waals surface area contributed by atoms with Crippen molar-refractivity contribution in [2.75, 3.05) is 22.8 Å². The molecule has 3 aromatic rings. The van der Waals surface area contributed by atoms with Gasteiger partial charge in [-0.15, -0.1) is 0 Å². The van der Waals surface area contributed by atoms with Crippen molar-refractivity contribution in [3.8, 4) is 0 Å². The molecule has 10 nitrogen and oxygen atoms in total. The fraction of sp³-hybridized carbons (Fsp3) is 0.130. The fourth-order valence-corrected chi connectivity index (χ4v) is 5.13. The van der Waals surface area contributed by atoms with Crippen LogP contribution in [0.15, 0.2) is 77.7 Å². The van der Waals surface area contributed by atoms with Crippen molar-refractivity contribution in [2.45, 2.75) is 11.3 Å². The molecule has 34 heavy (non-hydrogen) atoms. The Morgan fingerprint density at radius 3 is 2.59 bits per heavy atom. The largest absolute Gasteiger partial charge is 0.452 e. The number of hydrogen-bond donors (Lipinski definition) is 1. The number of hydrogen-bond acceptors (Lipinski definition) is 7. The predicted molar refractivity (Wildman–Crippen MR) is 123 cm³/mol. The zero-order valence-corrected chi connectivity index (χ0v) is 18.5. The van der Waals surface area contributed by atoms with E-state index in [4.69, 9.17) is 4.74 Å². The summed E-state index contributed by atoms with van der Waals surface area (Å²) in [7, 11) is -3.90. The Morgan fingerprint density at radius 1 is 1.03 bits per heavy atom. The van der Waals surface area contributed by atoms with Crippen LogP contribution in [0.1, 0.15) is 15.9 Å². The number of nitro benzene ring substituents is 1. The number of carbonyl (C=O) groups excluding carboxylic acids is 2. The summed E-state index contributed by atoms with van der Waals surface area (Å²) in [5, 5.41) is 13.2. The second kappa shape index (κ2) is 9.32. The van der Waals surface area contributed by atoms with Crippen LogP contribution in [0, 0.1) is 10.1 Å². The van der Waals surface area contributed by atoms with Crippen LogP contribution in [-0.2, 0) is 26.0 Å². The van der Waals surface area contributed by atoms with Gasteiger partial charge >= 0.3 is 5.97 Å². The summed E-state index contributed by atoms with van der Waals surface area (Å²) in [6, 6.07) is 17.9. The number of sulfonamides is 1. The van der Waals surface area contributed by atoms with Crippen molar-refractivity contribution in [1.29, 1.82) is 0 Å². The summed E-state index contributed by atoms with van der Waals surface area (Å²) in [5.41, 5.74) is 1.48. The molecule has 11 heteroatoms. The highest BCUT2D eigenvalue weighted by molar-refractivity contribution is 7.92. The maximum absolute atomic E-state index is 13.2. The number of amides is 1. The Hall–Kier alpha value is -4.25. The number of ether oxygens (including phenoxy) is 1. The number of nitrogens with zero attached hydrogens (tertiary/aromatic N) is 2. The van der Waals surface area contributed by atoms with Gasteiger partial charge in [0.1, 0.15) is 0 Å². The number of nitro groups is 1. The molecular formula is C23H19N3O7S. The summed E-state index contributed by atoms with van der Waals surface area (Å²) in [5.74, 6) is -1.58. The number of rotatable bonds is 7. The molecule has 0 fully saturated rings. The number of carbonyl (C=O) groups is 2. The SMILES string of the molecule is O=C(COC(=O)c1cccc(S(=O)(=O)N2CCc3ccccc32)c1)Nc1cccc([N+](=O)[O-])c1. The second-order valence-corrected chi connectivity index (χ2v) is 9.28. The Morgan fingerprint density at radius 2 is 1.79 bits per heavy atom. The highest BCUT2D eigenvalue weighted by atomic mass is 32.2. The zero-order chi connectivity index (χ0) is 24.3. The third kappa shape index (κ3) is 4.74. The number of para-hydroxylation sites is 1. The summed E-state index contributed by atoms with van der Waals surface area (Å²) in [6.07, 6.45) is 0.594. The maximum Gasteiger partial charge on any atom is 0.338 e. The van der Waals surface area contributed by atoms with Crippen LogP contribution in [0.4, 0.5) is 17.1 Å². The van der Waals surface area contributed by atoms with Gasteiger partial charge in [0.05, 0.1) is 21.1 Å². The van der Waals surface area contributed by atoms with Gasteiger partial charge in [0.25, 0.3) is 21.6 Å². The van der Waals surface area contributed by atoms with E-state index in [2.05, 4.69) is 5.32 Å². The lowest BCUT2D eigenvalue weighted by Gasteiger charge is -2.19. The van der Waals surface area contributed by atoms with E-state index >= 15 is 0 Å². The van der Waals surface area contributed by atoms with Crippen molar-refractivity contribution in [1.82, 2.24) is 0 Å². The Kier molecular flexibility index (Phi) is 6.28. The Bertz CT molecular complexity index is 1390. The molecule has 0 radical (unpaired) electrons. The predicted octanol–water partition coefficient (Wildman–Crippen LogP) is 3.14. The summed E-state index contributed by atoms with van der Waals surface area (Å²) < 4.78 is 32.7. The average Bonchev–Trinajstić information content (AvgIpc) is 3.28. The molecule has 4 rings (SSSR count). The van der Waals surface area contributed by atoms with Gasteiger partial charge < -0.3 is 10.1 Å². The molecule has 174 valence electrons. The van der Waals surface area contributed by atoms with Crippen molar-refractivity contribution in [2.24, 2.45) is 0 Å². The molecule has 0 spiro atoms. The molecule has 3 aromatic carbocycles. The fourth-order valence-electron chi connectivity index (χ4n) is 3.58. The summed E-state index contributed by atoms with van der Waals surface area (Å²) in [6.45, 7) is -0.355. The minimum Gasteiger partial charge on any atom is -0.452 e. The molecule has 0 aromatic heterocycles. The number of benzene rings is 3. The van der Waals surface area contributed by atoms with Gasteiger partial charge in [-0.25, -0.2) is 13.2 Å². The number of esters is 1. The Labute approximate surface area is 195 Å². The highest BCUT2D eigenvalue weighted by Crippen LogP contribution is 2.32. The maximum atomic E-state index is 13.2. The lowest BCUT2D eigenvalue weighted by molar-refractivity contribution is -0.384. The first-order valence-corrected chi connectivity index (χ1v) is 11.6. The van der Waals surface area contributed by atoms with Crippen LogP contribution in [-0.4, -0.2) is 38.4 Å². The summed E-state index contributed by atoms with van der Waals surface area (Å²) >= 11 is 0. The van der Waals surface area contributed by atoms with Crippen molar-refractivity contribution >= 4 is 39.0 Å². The molecule has 1 heterocycles. The molecule has 0 bridgehead atoms. The van der Waals surface area contributed by atoms with Gasteiger partial charge in [-0.1, -0.05) is 30.3 Å². The lowest BCUT2D eigenvalue weighted by atomic mass is 10.2. The average molecular weight is 481 g/mol. The van der Waals surface area contributed by atoms with E-state index in [1.54, 1.807) is 12.1 Å². The smallest absolute Gasteiger partial charge is 0.338 e. The zero-order valence-electron chi connectivity index (χ0n) is 17.7. The molecule has 1 aliphatic heterocycles. The van der Waals surface area contributed by atoms with Crippen LogP contribution in [0.2, 0.25) is 0 Å². The van der Waals surface area contributed by atoms with Gasteiger partial charge in [0, 0.05) is 24.4 Å². The molecular weight excluding hydrogens is 462 g/mol. The van der Waals surface area contributed by atoms with Gasteiger partial charge in [0.2, 0.25) is 0 Å².